The Balaban J connectivity index is 2.48. The van der Waals surface area contributed by atoms with E-state index in [9.17, 15) is 4.79 Å². The van der Waals surface area contributed by atoms with Crippen LogP contribution in [0.3, 0.4) is 0 Å². The van der Waals surface area contributed by atoms with Crippen molar-refractivity contribution in [2.75, 3.05) is 55.6 Å². The van der Waals surface area contributed by atoms with Gasteiger partial charge in [0.1, 0.15) is 11.3 Å². The van der Waals surface area contributed by atoms with E-state index in [-0.39, 0.29) is 12.2 Å². The van der Waals surface area contributed by atoms with Crippen LogP contribution in [0, 0.1) is 0 Å². The zero-order chi connectivity index (χ0) is 19.8. The van der Waals surface area contributed by atoms with Gasteiger partial charge in [0.2, 0.25) is 0 Å². The highest BCUT2D eigenvalue weighted by Gasteiger charge is 2.18. The SMILES string of the molecule is CNc1cc(NC)c(Nc2cccc(OCCCO)c2C(N)=O)c(NC)c1. The van der Waals surface area contributed by atoms with Gasteiger partial charge in [0, 0.05) is 39.9 Å². The van der Waals surface area contributed by atoms with Gasteiger partial charge in [-0.05, 0) is 24.3 Å². The molecule has 0 aliphatic carbocycles. The molecule has 2 rings (SSSR count). The number of hydrogen-bond donors (Lipinski definition) is 6. The fourth-order valence-corrected chi connectivity index (χ4v) is 2.71. The van der Waals surface area contributed by atoms with E-state index in [1.807, 2.05) is 33.3 Å². The third-order valence-electron chi connectivity index (χ3n) is 4.06. The molecule has 0 bridgehead atoms. The summed E-state index contributed by atoms with van der Waals surface area (Å²) in [6.07, 6.45) is 0.467. The van der Waals surface area contributed by atoms with Gasteiger partial charge >= 0.3 is 0 Å². The largest absolute Gasteiger partial charge is 0.493 e. The number of benzene rings is 2. The molecule has 0 saturated carbocycles. The van der Waals surface area contributed by atoms with Gasteiger partial charge in [0.05, 0.1) is 29.4 Å². The zero-order valence-corrected chi connectivity index (χ0v) is 15.8. The first kappa shape index (κ1) is 20.2. The summed E-state index contributed by atoms with van der Waals surface area (Å²) >= 11 is 0. The highest BCUT2D eigenvalue weighted by atomic mass is 16.5. The molecule has 0 saturated heterocycles. The second kappa shape index (κ2) is 9.54. The van der Waals surface area contributed by atoms with E-state index in [0.29, 0.717) is 24.5 Å². The van der Waals surface area contributed by atoms with Crippen LogP contribution in [0.5, 0.6) is 5.75 Å². The van der Waals surface area contributed by atoms with E-state index < -0.39 is 5.91 Å². The highest BCUT2D eigenvalue weighted by molar-refractivity contribution is 6.03. The number of rotatable bonds is 10. The quantitative estimate of drug-likeness (QED) is 0.354. The topological polar surface area (TPSA) is 121 Å². The predicted octanol–water partition coefficient (Wildman–Crippen LogP) is 2.42. The first-order valence-corrected chi connectivity index (χ1v) is 8.70. The number of aliphatic hydroxyl groups excluding tert-OH is 1. The molecule has 0 aliphatic rings. The molecule has 0 aliphatic heterocycles. The molecule has 27 heavy (non-hydrogen) atoms. The van der Waals surface area contributed by atoms with Gasteiger partial charge < -0.3 is 36.8 Å². The highest BCUT2D eigenvalue weighted by Crippen LogP contribution is 2.38. The van der Waals surface area contributed by atoms with E-state index >= 15 is 0 Å². The fraction of sp³-hybridized carbons (Fsp3) is 0.316. The maximum atomic E-state index is 12.1. The number of nitrogens with one attached hydrogen (secondary N) is 4. The number of amides is 1. The van der Waals surface area contributed by atoms with Crippen LogP contribution in [0.15, 0.2) is 30.3 Å². The van der Waals surface area contributed by atoms with Crippen LogP contribution < -0.4 is 31.7 Å². The third kappa shape index (κ3) is 4.73. The minimum absolute atomic E-state index is 0.0126. The molecule has 8 nitrogen and oxygen atoms in total. The number of ether oxygens (including phenoxy) is 1. The Bertz CT molecular complexity index is 770. The number of hydrogen-bond acceptors (Lipinski definition) is 7. The van der Waals surface area contributed by atoms with Crippen molar-refractivity contribution >= 4 is 34.3 Å². The first-order chi connectivity index (χ1) is 13.0. The Kier molecular flexibility index (Phi) is 7.13. The Morgan fingerprint density at radius 2 is 1.74 bits per heavy atom. The Labute approximate surface area is 159 Å². The molecule has 0 aromatic heterocycles. The van der Waals surface area contributed by atoms with Gasteiger partial charge in [-0.15, -0.1) is 0 Å². The van der Waals surface area contributed by atoms with Crippen molar-refractivity contribution in [1.29, 1.82) is 0 Å². The van der Waals surface area contributed by atoms with Crippen molar-refractivity contribution in [3.8, 4) is 5.75 Å². The van der Waals surface area contributed by atoms with E-state index in [0.717, 1.165) is 22.7 Å². The maximum Gasteiger partial charge on any atom is 0.254 e. The molecule has 0 fully saturated rings. The van der Waals surface area contributed by atoms with Crippen molar-refractivity contribution in [3.05, 3.63) is 35.9 Å². The summed E-state index contributed by atoms with van der Waals surface area (Å²) in [7, 11) is 5.49. The van der Waals surface area contributed by atoms with E-state index in [4.69, 9.17) is 15.6 Å². The van der Waals surface area contributed by atoms with Crippen LogP contribution in [-0.4, -0.2) is 45.4 Å². The van der Waals surface area contributed by atoms with Crippen LogP contribution in [0.25, 0.3) is 0 Å². The lowest BCUT2D eigenvalue weighted by Gasteiger charge is -2.20. The number of aliphatic hydroxyl groups is 1. The molecule has 1 amide bonds. The van der Waals surface area contributed by atoms with E-state index in [1.54, 1.807) is 18.2 Å². The summed E-state index contributed by atoms with van der Waals surface area (Å²) in [6.45, 7) is 0.305. The van der Waals surface area contributed by atoms with Crippen molar-refractivity contribution in [2.24, 2.45) is 5.73 Å². The van der Waals surface area contributed by atoms with Crippen LogP contribution >= 0.6 is 0 Å². The third-order valence-corrected chi connectivity index (χ3v) is 4.06. The zero-order valence-electron chi connectivity index (χ0n) is 15.8. The van der Waals surface area contributed by atoms with Gasteiger partial charge in [0.25, 0.3) is 5.91 Å². The average Bonchev–Trinajstić information content (AvgIpc) is 2.68. The Morgan fingerprint density at radius 3 is 2.26 bits per heavy atom. The Hall–Kier alpha value is -3.13. The molecular weight excluding hydrogens is 346 g/mol. The number of carbonyl (C=O) groups is 1. The molecule has 0 unspecified atom stereocenters. The predicted molar refractivity (Wildman–Crippen MR) is 111 cm³/mol. The average molecular weight is 373 g/mol. The van der Waals surface area contributed by atoms with Crippen molar-refractivity contribution in [3.63, 3.8) is 0 Å². The minimum atomic E-state index is -0.596. The monoisotopic (exact) mass is 373 g/mol. The van der Waals surface area contributed by atoms with Crippen LogP contribution in [0.2, 0.25) is 0 Å². The smallest absolute Gasteiger partial charge is 0.254 e. The van der Waals surface area contributed by atoms with Crippen LogP contribution in [0.1, 0.15) is 16.8 Å². The molecule has 0 atom stereocenters. The van der Waals surface area contributed by atoms with Crippen molar-refractivity contribution in [2.45, 2.75) is 6.42 Å². The standard InChI is InChI=1S/C19H27N5O3/c1-21-12-10-14(22-2)18(15(11-12)23-3)24-13-6-4-7-16(17(13)19(20)26)27-9-5-8-25/h4,6-7,10-11,21-25H,5,8-9H2,1-3H3,(H2,20,26). The van der Waals surface area contributed by atoms with Gasteiger partial charge in [-0.1, -0.05) is 6.07 Å². The molecule has 0 heterocycles. The van der Waals surface area contributed by atoms with Gasteiger partial charge in [-0.3, -0.25) is 4.79 Å². The number of anilines is 5. The molecule has 8 heteroatoms. The van der Waals surface area contributed by atoms with Crippen molar-refractivity contribution < 1.29 is 14.6 Å². The number of primary amides is 1. The second-order valence-corrected chi connectivity index (χ2v) is 5.79. The first-order valence-electron chi connectivity index (χ1n) is 8.70. The summed E-state index contributed by atoms with van der Waals surface area (Å²) in [5.41, 5.74) is 9.80. The molecule has 7 N–H and O–H groups in total. The molecule has 146 valence electrons. The van der Waals surface area contributed by atoms with Gasteiger partial charge in [-0.2, -0.15) is 0 Å². The lowest BCUT2D eigenvalue weighted by Crippen LogP contribution is -2.16. The molecule has 2 aromatic carbocycles. The Morgan fingerprint density at radius 1 is 1.07 bits per heavy atom. The summed E-state index contributed by atoms with van der Waals surface area (Å²) in [4.78, 5) is 12.1. The molecule has 0 spiro atoms. The fourth-order valence-electron chi connectivity index (χ4n) is 2.71. The summed E-state index contributed by atoms with van der Waals surface area (Å²) in [5, 5.41) is 21.6. The van der Waals surface area contributed by atoms with E-state index in [2.05, 4.69) is 21.3 Å². The van der Waals surface area contributed by atoms with Crippen LogP contribution in [0.4, 0.5) is 28.4 Å². The number of carbonyl (C=O) groups excluding carboxylic acids is 1. The normalized spacial score (nSPS) is 10.2. The molecule has 2 aromatic rings. The summed E-state index contributed by atoms with van der Waals surface area (Å²) in [5.74, 6) is -0.217. The summed E-state index contributed by atoms with van der Waals surface area (Å²) in [6, 6.07) is 9.14. The summed E-state index contributed by atoms with van der Waals surface area (Å²) < 4.78 is 5.62. The van der Waals surface area contributed by atoms with Crippen LogP contribution in [-0.2, 0) is 0 Å². The van der Waals surface area contributed by atoms with Gasteiger partial charge in [-0.25, -0.2) is 0 Å². The second-order valence-electron chi connectivity index (χ2n) is 5.79. The van der Waals surface area contributed by atoms with Crippen molar-refractivity contribution in [1.82, 2.24) is 0 Å². The lowest BCUT2D eigenvalue weighted by atomic mass is 10.1. The minimum Gasteiger partial charge on any atom is -0.493 e. The number of nitrogens with two attached hydrogens (primary N) is 1. The molecular formula is C19H27N5O3. The van der Waals surface area contributed by atoms with Gasteiger partial charge in [0.15, 0.2) is 0 Å². The maximum absolute atomic E-state index is 12.1. The molecule has 0 radical (unpaired) electrons. The lowest BCUT2D eigenvalue weighted by molar-refractivity contribution is 0.0997. The van der Waals surface area contributed by atoms with E-state index in [1.165, 1.54) is 0 Å².